The fourth-order valence-electron chi connectivity index (χ4n) is 5.92. The number of aromatic nitrogens is 2. The number of esters is 3. The summed E-state index contributed by atoms with van der Waals surface area (Å²) in [4.78, 5) is 77.6. The summed E-state index contributed by atoms with van der Waals surface area (Å²) in [6.07, 6.45) is 5.90. The number of hydrogen-bond donors (Lipinski definition) is 4. The summed E-state index contributed by atoms with van der Waals surface area (Å²) in [6, 6.07) is 0.905. The second-order valence-corrected chi connectivity index (χ2v) is 17.9. The number of anilines is 1. The Bertz CT molecular complexity index is 1420. The lowest BCUT2D eigenvalue weighted by atomic mass is 9.79. The summed E-state index contributed by atoms with van der Waals surface area (Å²) >= 11 is 0. The molecule has 1 aromatic heterocycles. The molecule has 0 aliphatic rings. The Balaban J connectivity index is 2.06. The molecule has 0 saturated heterocycles. The van der Waals surface area contributed by atoms with E-state index in [0.29, 0.717) is 62.1 Å². The SMILES string of the molecule is C=CC(=O)OCCOC(=O)CCC(C)(C)CC(C)CCNC(=O)OCCSSCCOC(=O)CCCC(C)(C)CC(C)CNC(=O)Nc1nc(C)cc(=O)[nH]1. The van der Waals surface area contributed by atoms with Gasteiger partial charge in [-0.15, -0.1) is 0 Å². The summed E-state index contributed by atoms with van der Waals surface area (Å²) in [7, 11) is 3.10. The molecule has 2 atom stereocenters. The van der Waals surface area contributed by atoms with E-state index in [2.05, 4.69) is 74.0 Å². The third-order valence-corrected chi connectivity index (χ3v) is 10.7. The molecule has 1 aromatic rings. The Morgan fingerprint density at radius 1 is 0.855 bits per heavy atom. The lowest BCUT2D eigenvalue weighted by molar-refractivity contribution is -0.150. The summed E-state index contributed by atoms with van der Waals surface area (Å²) < 4.78 is 20.5. The summed E-state index contributed by atoms with van der Waals surface area (Å²) in [6.45, 7) is 19.2. The van der Waals surface area contributed by atoms with Crippen molar-refractivity contribution in [1.82, 2.24) is 20.6 Å². The van der Waals surface area contributed by atoms with E-state index in [-0.39, 0.29) is 66.4 Å². The molecule has 17 heteroatoms. The minimum Gasteiger partial charge on any atom is -0.465 e. The van der Waals surface area contributed by atoms with Crippen LogP contribution < -0.4 is 21.5 Å². The Kier molecular flexibility index (Phi) is 24.2. The molecule has 4 N–H and O–H groups in total. The van der Waals surface area contributed by atoms with Crippen molar-refractivity contribution in [3.8, 4) is 0 Å². The second kappa shape index (κ2) is 27.0. The van der Waals surface area contributed by atoms with Crippen LogP contribution in [0.25, 0.3) is 0 Å². The van der Waals surface area contributed by atoms with Gasteiger partial charge in [-0.25, -0.2) is 19.4 Å². The Hall–Kier alpha value is -3.73. The highest BCUT2D eigenvalue weighted by Crippen LogP contribution is 2.32. The van der Waals surface area contributed by atoms with Gasteiger partial charge in [0.25, 0.3) is 5.56 Å². The maximum absolute atomic E-state index is 12.2. The van der Waals surface area contributed by atoms with Crippen LogP contribution in [0, 0.1) is 29.6 Å². The molecule has 0 fully saturated rings. The van der Waals surface area contributed by atoms with Crippen LogP contribution in [0.4, 0.5) is 15.5 Å². The van der Waals surface area contributed by atoms with Gasteiger partial charge in [-0.05, 0) is 68.1 Å². The number of aryl methyl sites for hydroxylation is 1. The standard InChI is InChI=1S/C38H63N5O10S2/c1-9-31(45)50-17-18-51-33(47)12-15-38(7,8)24-27(2)13-16-39-36(49)53-20-22-55-54-21-19-52-32(46)11-10-14-37(5,6)25-28(3)26-40-35(48)43-34-41-29(4)23-30(44)42-34/h9,23,27-28H,1,10-22,24-26H2,2-8H3,(H,39,49)(H3,40,41,42,43,44,48). The highest BCUT2D eigenvalue weighted by atomic mass is 33.1. The van der Waals surface area contributed by atoms with Gasteiger partial charge >= 0.3 is 30.0 Å². The number of amides is 3. The van der Waals surface area contributed by atoms with Crippen LogP contribution in [0.15, 0.2) is 23.5 Å². The molecule has 0 aliphatic carbocycles. The quantitative estimate of drug-likeness (QED) is 0.0233. The zero-order chi connectivity index (χ0) is 41.3. The van der Waals surface area contributed by atoms with Gasteiger partial charge in [0.1, 0.15) is 26.4 Å². The van der Waals surface area contributed by atoms with Crippen LogP contribution in [0.1, 0.15) is 98.6 Å². The van der Waals surface area contributed by atoms with Crippen LogP contribution in [-0.4, -0.2) is 91.0 Å². The number of nitrogens with zero attached hydrogens (tertiary/aromatic N) is 1. The second-order valence-electron chi connectivity index (χ2n) is 15.2. The van der Waals surface area contributed by atoms with Crippen LogP contribution in [0.2, 0.25) is 0 Å². The van der Waals surface area contributed by atoms with E-state index in [1.165, 1.54) is 6.07 Å². The largest absolute Gasteiger partial charge is 0.465 e. The zero-order valence-corrected chi connectivity index (χ0v) is 35.3. The molecule has 1 heterocycles. The van der Waals surface area contributed by atoms with Crippen molar-refractivity contribution >= 4 is 57.6 Å². The third kappa shape index (κ3) is 26.7. The minimum absolute atomic E-state index is 0.000103. The van der Waals surface area contributed by atoms with Gasteiger partial charge in [0.05, 0.1) is 0 Å². The number of urea groups is 1. The molecule has 0 bridgehead atoms. The van der Waals surface area contributed by atoms with Crippen LogP contribution in [0.3, 0.4) is 0 Å². The first-order valence-corrected chi connectivity index (χ1v) is 21.3. The number of nitrogens with one attached hydrogen (secondary N) is 4. The van der Waals surface area contributed by atoms with Crippen LogP contribution >= 0.6 is 21.6 Å². The number of aromatic amines is 1. The van der Waals surface area contributed by atoms with Gasteiger partial charge in [-0.2, -0.15) is 0 Å². The van der Waals surface area contributed by atoms with E-state index < -0.39 is 18.1 Å². The lowest BCUT2D eigenvalue weighted by Crippen LogP contribution is -2.34. The normalized spacial score (nSPS) is 12.5. The number of alkyl carbamates (subject to hydrolysis) is 1. The molecule has 0 aromatic carbocycles. The number of carbonyl (C=O) groups excluding carboxylic acids is 5. The van der Waals surface area contributed by atoms with Gasteiger partial charge in [0, 0.05) is 55.3 Å². The predicted molar refractivity (Wildman–Crippen MR) is 217 cm³/mol. The highest BCUT2D eigenvalue weighted by molar-refractivity contribution is 8.76. The van der Waals surface area contributed by atoms with Crippen molar-refractivity contribution in [2.24, 2.45) is 22.7 Å². The molecule has 0 saturated carbocycles. The van der Waals surface area contributed by atoms with E-state index in [9.17, 15) is 28.8 Å². The van der Waals surface area contributed by atoms with Crippen molar-refractivity contribution in [2.45, 2.75) is 99.8 Å². The number of hydrogen-bond acceptors (Lipinski definition) is 13. The van der Waals surface area contributed by atoms with Crippen molar-refractivity contribution in [1.29, 1.82) is 0 Å². The van der Waals surface area contributed by atoms with E-state index in [0.717, 1.165) is 31.8 Å². The number of ether oxygens (including phenoxy) is 4. The average molecular weight is 814 g/mol. The molecule has 312 valence electrons. The first-order chi connectivity index (χ1) is 25.9. The van der Waals surface area contributed by atoms with Gasteiger partial charge in [0.2, 0.25) is 5.95 Å². The Labute approximate surface area is 333 Å². The summed E-state index contributed by atoms with van der Waals surface area (Å²) in [5.74, 6) is 0.739. The zero-order valence-electron chi connectivity index (χ0n) is 33.7. The summed E-state index contributed by atoms with van der Waals surface area (Å²) in [5, 5.41) is 8.15. The Morgan fingerprint density at radius 2 is 1.45 bits per heavy atom. The van der Waals surface area contributed by atoms with Crippen molar-refractivity contribution in [3.63, 3.8) is 0 Å². The predicted octanol–water partition coefficient (Wildman–Crippen LogP) is 6.57. The number of H-pyrrole nitrogens is 1. The topological polar surface area (TPSA) is 204 Å². The summed E-state index contributed by atoms with van der Waals surface area (Å²) in [5.41, 5.74) is 0.0554. The molecule has 0 radical (unpaired) electrons. The van der Waals surface area contributed by atoms with Gasteiger partial charge in [0.15, 0.2) is 0 Å². The molecule has 0 aliphatic heterocycles. The first kappa shape index (κ1) is 49.3. The van der Waals surface area contributed by atoms with Gasteiger partial charge in [-0.1, -0.05) is 69.7 Å². The fourth-order valence-corrected chi connectivity index (χ4v) is 7.58. The molecule has 1 rings (SSSR count). The van der Waals surface area contributed by atoms with E-state index >= 15 is 0 Å². The molecule has 0 spiro atoms. The van der Waals surface area contributed by atoms with E-state index in [1.54, 1.807) is 28.5 Å². The maximum atomic E-state index is 12.2. The maximum Gasteiger partial charge on any atom is 0.407 e. The van der Waals surface area contributed by atoms with Crippen LogP contribution in [0.5, 0.6) is 0 Å². The monoisotopic (exact) mass is 813 g/mol. The number of rotatable bonds is 28. The lowest BCUT2D eigenvalue weighted by Gasteiger charge is -2.28. The highest BCUT2D eigenvalue weighted by Gasteiger charge is 2.24. The molecular formula is C38H63N5O10S2. The van der Waals surface area contributed by atoms with Gasteiger partial charge in [-0.3, -0.25) is 24.7 Å². The number of carbonyl (C=O) groups is 5. The first-order valence-electron chi connectivity index (χ1n) is 18.8. The van der Waals surface area contributed by atoms with E-state index in [1.807, 2.05) is 0 Å². The Morgan fingerprint density at radius 3 is 2.13 bits per heavy atom. The third-order valence-electron chi connectivity index (χ3n) is 8.33. The van der Waals surface area contributed by atoms with Crippen molar-refractivity contribution in [2.75, 3.05) is 56.3 Å². The molecule has 15 nitrogen and oxygen atoms in total. The van der Waals surface area contributed by atoms with Crippen molar-refractivity contribution < 1.29 is 42.9 Å². The minimum atomic E-state index is -0.555. The molecule has 2 unspecified atom stereocenters. The van der Waals surface area contributed by atoms with E-state index in [4.69, 9.17) is 18.9 Å². The van der Waals surface area contributed by atoms with Crippen LogP contribution in [-0.2, 0) is 33.3 Å². The molecule has 3 amide bonds. The average Bonchev–Trinajstić information content (AvgIpc) is 3.08. The van der Waals surface area contributed by atoms with Gasteiger partial charge < -0.3 is 29.6 Å². The molecular weight excluding hydrogens is 751 g/mol. The smallest absolute Gasteiger partial charge is 0.407 e. The van der Waals surface area contributed by atoms with Crippen molar-refractivity contribution in [3.05, 3.63) is 34.8 Å². The molecule has 55 heavy (non-hydrogen) atoms. The fraction of sp³-hybridized carbons (Fsp3) is 0.711.